The van der Waals surface area contributed by atoms with Crippen LogP contribution in [0.1, 0.15) is 0 Å². The SMILES string of the molecule is NC1=N[C@H]2CS(=O)(=O)C(Br)(Br)[C@H]2O1. The molecule has 74 valence electrons. The number of amidine groups is 1. The van der Waals surface area contributed by atoms with E-state index < -0.39 is 24.5 Å². The first-order chi connectivity index (χ1) is 5.84. The maximum absolute atomic E-state index is 11.5. The maximum Gasteiger partial charge on any atom is 0.282 e. The summed E-state index contributed by atoms with van der Waals surface area (Å²) in [4.78, 5) is 3.87. The van der Waals surface area contributed by atoms with E-state index in [1.807, 2.05) is 0 Å². The monoisotopic (exact) mass is 332 g/mol. The lowest BCUT2D eigenvalue weighted by Gasteiger charge is -2.19. The molecule has 2 atom stereocenters. The van der Waals surface area contributed by atoms with Gasteiger partial charge in [-0.25, -0.2) is 13.4 Å². The summed E-state index contributed by atoms with van der Waals surface area (Å²) in [5.41, 5.74) is 5.33. The molecular weight excluding hydrogens is 328 g/mol. The van der Waals surface area contributed by atoms with Crippen LogP contribution >= 0.6 is 31.9 Å². The third-order valence-corrected chi connectivity index (χ3v) is 7.73. The fraction of sp³-hybridized carbons (Fsp3) is 0.800. The van der Waals surface area contributed by atoms with Gasteiger partial charge < -0.3 is 10.5 Å². The number of nitrogens with zero attached hydrogens (tertiary/aromatic N) is 1. The minimum absolute atomic E-state index is 0.0468. The molecule has 0 aliphatic carbocycles. The second-order valence-electron chi connectivity index (χ2n) is 2.92. The third kappa shape index (κ3) is 1.22. The molecule has 2 aliphatic rings. The van der Waals surface area contributed by atoms with E-state index in [2.05, 4.69) is 36.9 Å². The minimum atomic E-state index is -3.26. The number of nitrogens with two attached hydrogens (primary N) is 1. The molecular formula is C5H6Br2N2O3S. The lowest BCUT2D eigenvalue weighted by Crippen LogP contribution is -2.35. The van der Waals surface area contributed by atoms with E-state index in [4.69, 9.17) is 10.5 Å². The van der Waals surface area contributed by atoms with Gasteiger partial charge in [0.15, 0.2) is 15.9 Å². The molecule has 2 rings (SSSR count). The molecule has 0 saturated carbocycles. The zero-order valence-electron chi connectivity index (χ0n) is 6.28. The Labute approximate surface area is 91.9 Å². The Bertz CT molecular complexity index is 377. The summed E-state index contributed by atoms with van der Waals surface area (Å²) in [5.74, 6) is -0.0468. The number of halogens is 2. The minimum Gasteiger partial charge on any atom is -0.456 e. The van der Waals surface area contributed by atoms with Crippen LogP contribution in [0, 0.1) is 0 Å². The summed E-state index contributed by atoms with van der Waals surface area (Å²) in [6, 6.07) is -0.350. The highest BCUT2D eigenvalue weighted by molar-refractivity contribution is 9.28. The second-order valence-corrected chi connectivity index (χ2v) is 9.74. The molecule has 0 aromatic carbocycles. The average molecular weight is 334 g/mol. The molecule has 5 nitrogen and oxygen atoms in total. The van der Waals surface area contributed by atoms with Crippen molar-refractivity contribution in [1.82, 2.24) is 0 Å². The first-order valence-electron chi connectivity index (χ1n) is 3.44. The third-order valence-electron chi connectivity index (χ3n) is 2.03. The highest BCUT2D eigenvalue weighted by Crippen LogP contribution is 2.47. The average Bonchev–Trinajstić information content (AvgIpc) is 2.35. The number of alkyl halides is 2. The van der Waals surface area contributed by atoms with Crippen LogP contribution in [0.25, 0.3) is 0 Å². The van der Waals surface area contributed by atoms with Crippen LogP contribution in [-0.4, -0.2) is 34.9 Å². The van der Waals surface area contributed by atoms with Crippen molar-refractivity contribution in [2.24, 2.45) is 10.7 Å². The molecule has 1 fully saturated rings. The van der Waals surface area contributed by atoms with Gasteiger partial charge in [-0.05, 0) is 0 Å². The predicted molar refractivity (Wildman–Crippen MR) is 54.7 cm³/mol. The standard InChI is InChI=1S/C5H6Br2N2O3S/c6-5(7)3-2(1-13(5,10)11)9-4(8)12-3/h2-3H,1H2,(H2,8,9)/t2-,3-/m0/s1. The smallest absolute Gasteiger partial charge is 0.282 e. The fourth-order valence-electron chi connectivity index (χ4n) is 1.40. The Morgan fingerprint density at radius 1 is 1.62 bits per heavy atom. The summed E-state index contributed by atoms with van der Waals surface area (Å²) in [6.45, 7) is 0. The summed E-state index contributed by atoms with van der Waals surface area (Å²) in [6.07, 6.45) is -0.572. The van der Waals surface area contributed by atoms with Gasteiger partial charge in [0.05, 0.1) is 5.75 Å². The highest BCUT2D eigenvalue weighted by atomic mass is 79.9. The quantitative estimate of drug-likeness (QED) is 0.630. The normalized spacial score (nSPS) is 39.4. The van der Waals surface area contributed by atoms with Gasteiger partial charge in [0, 0.05) is 0 Å². The van der Waals surface area contributed by atoms with Gasteiger partial charge in [-0.2, -0.15) is 0 Å². The molecule has 2 N–H and O–H groups in total. The Balaban J connectivity index is 2.44. The van der Waals surface area contributed by atoms with Crippen molar-refractivity contribution in [3.8, 4) is 0 Å². The van der Waals surface area contributed by atoms with E-state index in [-0.39, 0.29) is 11.8 Å². The van der Waals surface area contributed by atoms with Crippen molar-refractivity contribution in [3.05, 3.63) is 0 Å². The number of hydrogen-bond donors (Lipinski definition) is 1. The van der Waals surface area contributed by atoms with Crippen molar-refractivity contribution in [3.63, 3.8) is 0 Å². The van der Waals surface area contributed by atoms with E-state index >= 15 is 0 Å². The molecule has 13 heavy (non-hydrogen) atoms. The Kier molecular flexibility index (Phi) is 1.95. The fourth-order valence-corrected chi connectivity index (χ4v) is 4.47. The summed E-state index contributed by atoms with van der Waals surface area (Å²) < 4.78 is 26.9. The Morgan fingerprint density at radius 2 is 2.23 bits per heavy atom. The zero-order valence-corrected chi connectivity index (χ0v) is 10.3. The van der Waals surface area contributed by atoms with E-state index in [0.29, 0.717) is 0 Å². The zero-order chi connectivity index (χ0) is 9.85. The molecule has 0 radical (unpaired) electrons. The molecule has 0 spiro atoms. The predicted octanol–water partition coefficient (Wildman–Crippen LogP) is -0.0595. The van der Waals surface area contributed by atoms with Crippen LogP contribution in [0.5, 0.6) is 0 Å². The van der Waals surface area contributed by atoms with E-state index in [1.54, 1.807) is 0 Å². The Morgan fingerprint density at radius 3 is 2.77 bits per heavy atom. The second kappa shape index (κ2) is 2.60. The van der Waals surface area contributed by atoms with Gasteiger partial charge in [0.1, 0.15) is 6.04 Å². The van der Waals surface area contributed by atoms with Crippen LogP contribution < -0.4 is 5.73 Å². The van der Waals surface area contributed by atoms with Gasteiger partial charge in [0.2, 0.25) is 2.57 Å². The molecule has 0 amide bonds. The summed E-state index contributed by atoms with van der Waals surface area (Å²) in [5, 5.41) is 0. The number of fused-ring (bicyclic) bond motifs is 1. The number of aliphatic imine (C=N–C) groups is 1. The highest BCUT2D eigenvalue weighted by Gasteiger charge is 2.61. The topological polar surface area (TPSA) is 81.8 Å². The molecule has 2 heterocycles. The van der Waals surface area contributed by atoms with Gasteiger partial charge in [-0.15, -0.1) is 0 Å². The van der Waals surface area contributed by atoms with Crippen molar-refractivity contribution >= 4 is 47.7 Å². The summed E-state index contributed by atoms with van der Waals surface area (Å²) in [7, 11) is -3.26. The van der Waals surface area contributed by atoms with Gasteiger partial charge >= 0.3 is 0 Å². The molecule has 2 aliphatic heterocycles. The molecule has 0 bridgehead atoms. The van der Waals surface area contributed by atoms with E-state index in [0.717, 1.165) is 0 Å². The van der Waals surface area contributed by atoms with Crippen molar-refractivity contribution in [2.45, 2.75) is 14.7 Å². The van der Waals surface area contributed by atoms with Crippen LogP contribution in [0.4, 0.5) is 0 Å². The Hall–Kier alpha value is 0.180. The first kappa shape index (κ1) is 9.72. The number of sulfone groups is 1. The van der Waals surface area contributed by atoms with Crippen LogP contribution in [-0.2, 0) is 14.6 Å². The molecule has 0 aromatic heterocycles. The molecule has 8 heteroatoms. The number of ether oxygens (including phenoxy) is 1. The van der Waals surface area contributed by atoms with Crippen LogP contribution in [0.2, 0.25) is 0 Å². The van der Waals surface area contributed by atoms with Crippen molar-refractivity contribution in [2.75, 3.05) is 5.75 Å². The van der Waals surface area contributed by atoms with E-state index in [1.165, 1.54) is 0 Å². The van der Waals surface area contributed by atoms with Gasteiger partial charge in [-0.1, -0.05) is 31.9 Å². The number of hydrogen-bond acceptors (Lipinski definition) is 5. The van der Waals surface area contributed by atoms with Gasteiger partial charge in [0.25, 0.3) is 6.02 Å². The largest absolute Gasteiger partial charge is 0.456 e. The summed E-state index contributed by atoms with van der Waals surface area (Å²) >= 11 is 6.15. The van der Waals surface area contributed by atoms with Crippen molar-refractivity contribution < 1.29 is 13.2 Å². The first-order valence-corrected chi connectivity index (χ1v) is 6.68. The van der Waals surface area contributed by atoms with Crippen LogP contribution in [0.15, 0.2) is 4.99 Å². The molecule has 0 aromatic rings. The molecule has 0 unspecified atom stereocenters. The lowest BCUT2D eigenvalue weighted by molar-refractivity contribution is 0.216. The van der Waals surface area contributed by atoms with E-state index in [9.17, 15) is 8.42 Å². The lowest BCUT2D eigenvalue weighted by atomic mass is 10.2. The number of rotatable bonds is 0. The molecule has 1 saturated heterocycles. The van der Waals surface area contributed by atoms with Crippen LogP contribution in [0.3, 0.4) is 0 Å². The maximum atomic E-state index is 11.5. The van der Waals surface area contributed by atoms with Crippen molar-refractivity contribution in [1.29, 1.82) is 0 Å². The van der Waals surface area contributed by atoms with Gasteiger partial charge in [-0.3, -0.25) is 0 Å².